The van der Waals surface area contributed by atoms with Crippen LogP contribution in [0.2, 0.25) is 0 Å². The SMILES string of the molecule is Cc1cc2c3c(c1)N(c1ccc(C(C)(C)C)cc1-c1ccccc1)c1cc(N4c5ccc(-c6ccc(-c7ccc8c(c7)sc7ccc(N9c%10ccc(C(C)(C)C)cc%10B%10c%11ccc(N%12c%13cc(C)cc(C)c%13C%13(C)CCCCC%12%13C)cc%11N(c%11ccc(C(C)(C)C)cc%11-c%11ccccc%11)c%11cc(C)cc9c%11%10)cc78)cc6)cc5C5(C)CCCCC45C)ccc1B3c1cc(C(C)(C)C)ccc1N2c1ccc2sc3ccccc3c2c1. The second-order valence-electron chi connectivity index (χ2n) is 49.7. The third-order valence-corrected chi connectivity index (χ3v) is 38.8. The Balaban J connectivity index is 0.558. The van der Waals surface area contributed by atoms with Crippen molar-refractivity contribution in [3.05, 3.63) is 383 Å². The predicted molar refractivity (Wildman–Crippen MR) is 641 cm³/mol. The van der Waals surface area contributed by atoms with Gasteiger partial charge < -0.3 is 29.4 Å². The van der Waals surface area contributed by atoms with Gasteiger partial charge in [0.1, 0.15) is 0 Å². The summed E-state index contributed by atoms with van der Waals surface area (Å²) < 4.78 is 5.20. The molecule has 0 N–H and O–H groups in total. The maximum absolute atomic E-state index is 2.82. The normalized spacial score (nSPS) is 19.0. The molecule has 17 aromatic carbocycles. The van der Waals surface area contributed by atoms with E-state index in [0.29, 0.717) is 0 Å². The molecule has 0 saturated heterocycles. The number of hydrogen-bond donors (Lipinski definition) is 0. The third-order valence-electron chi connectivity index (χ3n) is 36.5. The van der Waals surface area contributed by atoms with Crippen molar-refractivity contribution in [3.8, 4) is 44.5 Å². The van der Waals surface area contributed by atoms with Gasteiger partial charge in [-0.15, -0.1) is 22.7 Å². The molecule has 2 aliphatic carbocycles. The zero-order valence-corrected chi connectivity index (χ0v) is 91.1. The lowest BCUT2D eigenvalue weighted by Crippen LogP contribution is -2.61. The lowest BCUT2D eigenvalue weighted by Gasteiger charge is -2.51. The van der Waals surface area contributed by atoms with E-state index in [1.54, 1.807) is 0 Å². The Hall–Kier alpha value is -13.9. The molecule has 8 aliphatic rings. The van der Waals surface area contributed by atoms with Gasteiger partial charge in [-0.25, -0.2) is 0 Å². The first-order chi connectivity index (χ1) is 71.0. The number of rotatable bonds is 10. The van der Waals surface area contributed by atoms with Crippen LogP contribution in [0.3, 0.4) is 0 Å². The van der Waals surface area contributed by atoms with Crippen molar-refractivity contribution in [2.24, 2.45) is 0 Å². The van der Waals surface area contributed by atoms with E-state index in [9.17, 15) is 0 Å². The fraction of sp³-hybridized carbons (Fsp3) is 0.261. The van der Waals surface area contributed by atoms with Crippen LogP contribution in [0.1, 0.15) is 218 Å². The summed E-state index contributed by atoms with van der Waals surface area (Å²) in [5, 5.41) is 5.16. The monoisotopic (exact) mass is 1960 g/mol. The topological polar surface area (TPSA) is 19.4 Å². The van der Waals surface area contributed by atoms with Gasteiger partial charge in [-0.2, -0.15) is 0 Å². The maximum Gasteiger partial charge on any atom is 0.252 e. The van der Waals surface area contributed by atoms with Crippen LogP contribution in [-0.4, -0.2) is 24.5 Å². The minimum absolute atomic E-state index is 0.0140. The van der Waals surface area contributed by atoms with Gasteiger partial charge in [0.15, 0.2) is 0 Å². The van der Waals surface area contributed by atoms with Crippen LogP contribution < -0.4 is 62.2 Å². The van der Waals surface area contributed by atoms with Gasteiger partial charge >= 0.3 is 0 Å². The van der Waals surface area contributed by atoms with E-state index in [4.69, 9.17) is 0 Å². The van der Waals surface area contributed by atoms with Crippen LogP contribution in [0, 0.1) is 27.7 Å². The molecule has 730 valence electrons. The van der Waals surface area contributed by atoms with Gasteiger partial charge in [-0.3, -0.25) is 0 Å². The molecular formula is C138H130B2N6S2. The Morgan fingerprint density at radius 3 is 1.13 bits per heavy atom. The van der Waals surface area contributed by atoms with Gasteiger partial charge in [0.2, 0.25) is 0 Å². The number of nitrogens with zero attached hydrogens (tertiary/aromatic N) is 6. The minimum Gasteiger partial charge on any atom is -0.334 e. The van der Waals surface area contributed by atoms with Crippen molar-refractivity contribution in [3.63, 3.8) is 0 Å². The number of thiophene rings is 2. The first-order valence-corrected chi connectivity index (χ1v) is 55.9. The highest BCUT2D eigenvalue weighted by Crippen LogP contribution is 2.66. The Morgan fingerprint density at radius 2 is 0.628 bits per heavy atom. The third kappa shape index (κ3) is 13.8. The van der Waals surface area contributed by atoms with E-state index < -0.39 is 0 Å². The molecule has 19 aromatic rings. The van der Waals surface area contributed by atoms with E-state index >= 15 is 0 Å². The first kappa shape index (κ1) is 92.7. The van der Waals surface area contributed by atoms with Crippen molar-refractivity contribution in [1.82, 2.24) is 0 Å². The summed E-state index contributed by atoms with van der Waals surface area (Å²) in [5.74, 6) is 0. The average Bonchev–Trinajstić information content (AvgIpc) is 1.20. The van der Waals surface area contributed by atoms with Crippen LogP contribution >= 0.6 is 22.7 Å². The summed E-state index contributed by atoms with van der Waals surface area (Å²) in [5.41, 5.74) is 50.1. The Bertz CT molecular complexity index is 8840. The molecule has 2 aromatic heterocycles. The number of hydrogen-bond acceptors (Lipinski definition) is 8. The number of anilines is 16. The Kier molecular flexibility index (Phi) is 20.5. The molecule has 4 atom stereocenters. The average molecular weight is 1960 g/mol. The second-order valence-corrected chi connectivity index (χ2v) is 51.9. The standard InChI is InChI=1S/C138H130B2N6S2/c1-83-67-86(4)128-119(68-83)146(138(20)66-32-30-64-136(128,138)18)100-50-55-109-118(82-100)144(113-58-46-94(132(8,9)10)76-104(113)90-35-25-22-26-36-90)123-72-85(3)70-121-130(123)140(109)111-78-96(134(14,15)16)48-60-116(111)142(121)98-52-62-126-106(80-98)102-53-43-92(74-127(102)148-126)88-41-39-87(40-42-88)91-44-56-114-107(73-91)135(17)63-29-31-65-137(135,19)145(114)99-49-54-108-117(81-99)143(112-57-45-93(131(5,6)7)75-103(112)89-33-23-21-24-34-89)122-71-84(2)69-120-129(122)139(108)110-77-95(133(11,12)13)47-59-115(110)141(120)97-51-61-125-105(79-97)101-37-27-28-38-124(101)147-125/h21-28,33-62,67-82H,29-32,63-66H2,1-20H3. The van der Waals surface area contributed by atoms with Gasteiger partial charge in [-0.1, -0.05) is 299 Å². The largest absolute Gasteiger partial charge is 0.334 e. The van der Waals surface area contributed by atoms with Crippen LogP contribution in [-0.2, 0) is 32.5 Å². The van der Waals surface area contributed by atoms with E-state index in [2.05, 4.69) is 495 Å². The molecule has 0 radical (unpaired) electrons. The summed E-state index contributed by atoms with van der Waals surface area (Å²) in [7, 11) is 0. The van der Waals surface area contributed by atoms with Crippen molar-refractivity contribution < 1.29 is 0 Å². The lowest BCUT2D eigenvalue weighted by atomic mass is 9.33. The molecule has 6 aliphatic heterocycles. The Morgan fingerprint density at radius 1 is 0.250 bits per heavy atom. The zero-order chi connectivity index (χ0) is 102. The van der Waals surface area contributed by atoms with Crippen LogP contribution in [0.15, 0.2) is 328 Å². The molecule has 4 unspecified atom stereocenters. The smallest absolute Gasteiger partial charge is 0.252 e. The van der Waals surface area contributed by atoms with Crippen LogP contribution in [0.4, 0.5) is 91.0 Å². The molecule has 2 fully saturated rings. The molecule has 2 saturated carbocycles. The second kappa shape index (κ2) is 32.8. The van der Waals surface area contributed by atoms with E-state index in [-0.39, 0.29) is 57.0 Å². The van der Waals surface area contributed by atoms with Crippen molar-refractivity contribution >= 4 is 200 Å². The van der Waals surface area contributed by atoms with E-state index in [0.717, 1.165) is 24.9 Å². The van der Waals surface area contributed by atoms with Crippen molar-refractivity contribution in [2.75, 3.05) is 29.4 Å². The van der Waals surface area contributed by atoms with Crippen molar-refractivity contribution in [2.45, 2.75) is 233 Å². The predicted octanol–water partition coefficient (Wildman–Crippen LogP) is 35.2. The first-order valence-electron chi connectivity index (χ1n) is 54.3. The van der Waals surface area contributed by atoms with Gasteiger partial charge in [0, 0.05) is 142 Å². The zero-order valence-electron chi connectivity index (χ0n) is 89.5. The summed E-state index contributed by atoms with van der Waals surface area (Å²) in [6, 6.07) is 130. The molecule has 0 amide bonds. The number of fused-ring (bicyclic) bond motifs is 20. The highest BCUT2D eigenvalue weighted by Gasteiger charge is 2.61. The number of aryl methyl sites for hydroxylation is 4. The van der Waals surface area contributed by atoms with Crippen LogP contribution in [0.25, 0.3) is 84.9 Å². The van der Waals surface area contributed by atoms with Gasteiger partial charge in [0.25, 0.3) is 13.4 Å². The highest BCUT2D eigenvalue weighted by atomic mass is 32.1. The summed E-state index contributed by atoms with van der Waals surface area (Å²) in [4.78, 5) is 16.3. The molecule has 6 nitrogen and oxygen atoms in total. The highest BCUT2D eigenvalue weighted by molar-refractivity contribution is 7.26. The fourth-order valence-corrected chi connectivity index (χ4v) is 30.7. The summed E-state index contributed by atoms with van der Waals surface area (Å²) in [6.07, 6.45) is 9.32. The number of benzene rings is 17. The molecule has 148 heavy (non-hydrogen) atoms. The quantitative estimate of drug-likeness (QED) is 0.126. The fourth-order valence-electron chi connectivity index (χ4n) is 28.5. The van der Waals surface area contributed by atoms with E-state index in [1.807, 2.05) is 22.7 Å². The molecular weight excluding hydrogens is 1830 g/mol. The van der Waals surface area contributed by atoms with Crippen LogP contribution in [0.5, 0.6) is 0 Å². The van der Waals surface area contributed by atoms with Gasteiger partial charge in [0.05, 0.1) is 22.5 Å². The lowest BCUT2D eigenvalue weighted by molar-refractivity contribution is 0.194. The Labute approximate surface area is 884 Å². The van der Waals surface area contributed by atoms with E-state index in [1.165, 1.54) is 291 Å². The molecule has 27 rings (SSSR count). The molecule has 0 bridgehead atoms. The molecule has 0 spiro atoms. The molecule has 8 heterocycles. The summed E-state index contributed by atoms with van der Waals surface area (Å²) in [6.45, 7) is 48.0. The van der Waals surface area contributed by atoms with Gasteiger partial charge in [-0.05, 0) is 362 Å². The summed E-state index contributed by atoms with van der Waals surface area (Å²) >= 11 is 3.80. The maximum atomic E-state index is 2.82. The molecule has 10 heteroatoms. The minimum atomic E-state index is -0.232. The van der Waals surface area contributed by atoms with Crippen molar-refractivity contribution in [1.29, 1.82) is 0 Å².